The van der Waals surface area contributed by atoms with Crippen LogP contribution in [0, 0.1) is 6.92 Å². The quantitative estimate of drug-likeness (QED) is 0.659. The van der Waals surface area contributed by atoms with E-state index in [4.69, 9.17) is 0 Å². The second-order valence-electron chi connectivity index (χ2n) is 3.63. The molecular weight excluding hydrogens is 284 g/mol. The Kier molecular flexibility index (Phi) is 2.33. The van der Waals surface area contributed by atoms with Gasteiger partial charge in [-0.2, -0.15) is 11.3 Å². The van der Waals surface area contributed by atoms with Crippen molar-refractivity contribution in [2.24, 2.45) is 0 Å². The van der Waals surface area contributed by atoms with Crippen LogP contribution in [0.2, 0.25) is 0 Å². The second-order valence-corrected chi connectivity index (χ2v) is 5.27. The van der Waals surface area contributed by atoms with Crippen LogP contribution in [-0.4, -0.2) is 9.38 Å². The lowest BCUT2D eigenvalue weighted by molar-refractivity contribution is 1.08. The van der Waals surface area contributed by atoms with E-state index in [2.05, 4.69) is 55.3 Å². The van der Waals surface area contributed by atoms with Crippen LogP contribution in [-0.2, 0) is 0 Å². The third-order valence-electron chi connectivity index (χ3n) is 2.64. The van der Waals surface area contributed by atoms with E-state index >= 15 is 0 Å². The molecule has 0 spiro atoms. The SMILES string of the molecule is Cc1c(Br)ccc2nc(-c3ccsc3)cn12. The highest BCUT2D eigenvalue weighted by Crippen LogP contribution is 2.24. The van der Waals surface area contributed by atoms with Crippen molar-refractivity contribution in [3.05, 3.63) is 45.3 Å². The van der Waals surface area contributed by atoms with E-state index in [0.29, 0.717) is 0 Å². The summed E-state index contributed by atoms with van der Waals surface area (Å²) in [4.78, 5) is 4.61. The molecule has 0 N–H and O–H groups in total. The number of thiophene rings is 1. The van der Waals surface area contributed by atoms with Gasteiger partial charge in [0.25, 0.3) is 0 Å². The van der Waals surface area contributed by atoms with Gasteiger partial charge < -0.3 is 4.40 Å². The third-order valence-corrected chi connectivity index (χ3v) is 4.16. The number of hydrogen-bond donors (Lipinski definition) is 0. The highest BCUT2D eigenvalue weighted by Gasteiger charge is 2.07. The number of pyridine rings is 1. The molecule has 3 aromatic heterocycles. The maximum Gasteiger partial charge on any atom is 0.137 e. The molecule has 0 aromatic carbocycles. The highest BCUT2D eigenvalue weighted by molar-refractivity contribution is 9.10. The summed E-state index contributed by atoms with van der Waals surface area (Å²) < 4.78 is 3.21. The van der Waals surface area contributed by atoms with Crippen LogP contribution in [0.3, 0.4) is 0 Å². The normalized spacial score (nSPS) is 11.1. The first-order valence-corrected chi connectivity index (χ1v) is 6.66. The average Bonchev–Trinajstić information content (AvgIpc) is 2.91. The van der Waals surface area contributed by atoms with Crippen molar-refractivity contribution in [3.63, 3.8) is 0 Å². The van der Waals surface area contributed by atoms with Crippen molar-refractivity contribution < 1.29 is 0 Å². The molecule has 0 unspecified atom stereocenters. The summed E-state index contributed by atoms with van der Waals surface area (Å²) in [7, 11) is 0. The molecule has 3 rings (SSSR count). The molecule has 0 aliphatic carbocycles. The van der Waals surface area contributed by atoms with Gasteiger partial charge in [-0.25, -0.2) is 4.98 Å². The number of aromatic nitrogens is 2. The lowest BCUT2D eigenvalue weighted by Crippen LogP contribution is -1.89. The fraction of sp³-hybridized carbons (Fsp3) is 0.0833. The fourth-order valence-electron chi connectivity index (χ4n) is 1.71. The zero-order valence-corrected chi connectivity index (χ0v) is 11.0. The van der Waals surface area contributed by atoms with E-state index < -0.39 is 0 Å². The summed E-state index contributed by atoms with van der Waals surface area (Å²) in [6.45, 7) is 2.08. The first-order chi connectivity index (χ1) is 7.75. The van der Waals surface area contributed by atoms with E-state index in [0.717, 1.165) is 15.8 Å². The molecule has 0 amide bonds. The maximum absolute atomic E-state index is 4.61. The molecule has 0 fully saturated rings. The Morgan fingerprint density at radius 3 is 2.94 bits per heavy atom. The van der Waals surface area contributed by atoms with E-state index in [-0.39, 0.29) is 0 Å². The summed E-state index contributed by atoms with van der Waals surface area (Å²) in [6, 6.07) is 6.15. The van der Waals surface area contributed by atoms with Crippen LogP contribution in [0.1, 0.15) is 5.69 Å². The number of halogens is 1. The molecule has 0 aliphatic rings. The summed E-state index contributed by atoms with van der Waals surface area (Å²) in [5.41, 5.74) is 4.38. The first kappa shape index (κ1) is 10.1. The van der Waals surface area contributed by atoms with Gasteiger partial charge in [-0.3, -0.25) is 0 Å². The number of rotatable bonds is 1. The van der Waals surface area contributed by atoms with E-state index in [9.17, 15) is 0 Å². The molecule has 0 bridgehead atoms. The van der Waals surface area contributed by atoms with Gasteiger partial charge in [0.05, 0.1) is 5.69 Å². The van der Waals surface area contributed by atoms with Gasteiger partial charge in [0, 0.05) is 27.3 Å². The van der Waals surface area contributed by atoms with Crippen LogP contribution in [0.5, 0.6) is 0 Å². The lowest BCUT2D eigenvalue weighted by Gasteiger charge is -2.00. The standard InChI is InChI=1S/C12H9BrN2S/c1-8-10(13)2-3-12-14-11(6-15(8)12)9-4-5-16-7-9/h2-7H,1H3. The van der Waals surface area contributed by atoms with Gasteiger partial charge in [0.2, 0.25) is 0 Å². The molecule has 80 valence electrons. The Balaban J connectivity index is 2.28. The van der Waals surface area contributed by atoms with Gasteiger partial charge in [0.15, 0.2) is 0 Å². The van der Waals surface area contributed by atoms with Gasteiger partial charge in [-0.1, -0.05) is 0 Å². The first-order valence-electron chi connectivity index (χ1n) is 4.92. The van der Waals surface area contributed by atoms with Crippen LogP contribution in [0.15, 0.2) is 39.6 Å². The largest absolute Gasteiger partial charge is 0.303 e. The number of nitrogens with zero attached hydrogens (tertiary/aromatic N) is 2. The Bertz CT molecular complexity index is 640. The molecular formula is C12H9BrN2S. The fourth-order valence-corrected chi connectivity index (χ4v) is 2.69. The molecule has 3 aromatic rings. The monoisotopic (exact) mass is 292 g/mol. The van der Waals surface area contributed by atoms with Crippen molar-refractivity contribution in [1.82, 2.24) is 9.38 Å². The molecule has 3 heterocycles. The van der Waals surface area contributed by atoms with Crippen molar-refractivity contribution in [3.8, 4) is 11.3 Å². The summed E-state index contributed by atoms with van der Waals surface area (Å²) >= 11 is 5.22. The Morgan fingerprint density at radius 2 is 2.19 bits per heavy atom. The highest BCUT2D eigenvalue weighted by atomic mass is 79.9. The van der Waals surface area contributed by atoms with Gasteiger partial charge >= 0.3 is 0 Å². The molecule has 2 nitrogen and oxygen atoms in total. The third kappa shape index (κ3) is 1.49. The predicted octanol–water partition coefficient (Wildman–Crippen LogP) is 4.13. The number of fused-ring (bicyclic) bond motifs is 1. The topological polar surface area (TPSA) is 17.3 Å². The molecule has 0 saturated carbocycles. The van der Waals surface area contributed by atoms with Crippen LogP contribution in [0.25, 0.3) is 16.9 Å². The minimum atomic E-state index is 0.988. The zero-order valence-electron chi connectivity index (χ0n) is 8.64. The van der Waals surface area contributed by atoms with E-state index in [1.807, 2.05) is 12.1 Å². The molecule has 0 radical (unpaired) electrons. The Hall–Kier alpha value is -1.13. The molecule has 4 heteroatoms. The van der Waals surface area contributed by atoms with Crippen molar-refractivity contribution >= 4 is 32.9 Å². The number of aryl methyl sites for hydroxylation is 1. The molecule has 0 aliphatic heterocycles. The van der Waals surface area contributed by atoms with Crippen LogP contribution >= 0.6 is 27.3 Å². The smallest absolute Gasteiger partial charge is 0.137 e. The van der Waals surface area contributed by atoms with Crippen molar-refractivity contribution in [2.45, 2.75) is 6.92 Å². The van der Waals surface area contributed by atoms with Crippen LogP contribution < -0.4 is 0 Å². The molecule has 0 saturated heterocycles. The maximum atomic E-state index is 4.61. The Labute approximate surface area is 106 Å². The van der Waals surface area contributed by atoms with Gasteiger partial charge in [-0.15, -0.1) is 0 Å². The van der Waals surface area contributed by atoms with Crippen molar-refractivity contribution in [1.29, 1.82) is 0 Å². The van der Waals surface area contributed by atoms with E-state index in [1.54, 1.807) is 11.3 Å². The molecule has 16 heavy (non-hydrogen) atoms. The summed E-state index contributed by atoms with van der Waals surface area (Å²) in [6.07, 6.45) is 2.08. The van der Waals surface area contributed by atoms with Gasteiger partial charge in [0.1, 0.15) is 5.65 Å². The minimum absolute atomic E-state index is 0.988. The number of hydrogen-bond acceptors (Lipinski definition) is 2. The van der Waals surface area contributed by atoms with Crippen molar-refractivity contribution in [2.75, 3.05) is 0 Å². The molecule has 0 atom stereocenters. The Morgan fingerprint density at radius 1 is 1.31 bits per heavy atom. The predicted molar refractivity (Wildman–Crippen MR) is 70.9 cm³/mol. The second kappa shape index (κ2) is 3.71. The van der Waals surface area contributed by atoms with Crippen LogP contribution in [0.4, 0.5) is 0 Å². The van der Waals surface area contributed by atoms with Gasteiger partial charge in [-0.05, 0) is 46.4 Å². The zero-order chi connectivity index (χ0) is 11.1. The average molecular weight is 293 g/mol. The number of imidazole rings is 1. The minimum Gasteiger partial charge on any atom is -0.303 e. The summed E-state index contributed by atoms with van der Waals surface area (Å²) in [5.74, 6) is 0. The van der Waals surface area contributed by atoms with E-state index in [1.165, 1.54) is 11.3 Å². The summed E-state index contributed by atoms with van der Waals surface area (Å²) in [5, 5.41) is 4.19. The lowest BCUT2D eigenvalue weighted by atomic mass is 10.3.